The molecule has 0 fully saturated rings. The average molecular weight is 231 g/mol. The molecule has 0 atom stereocenters. The fraction of sp³-hybridized carbons (Fsp3) is 0.500. The highest BCUT2D eigenvalue weighted by Crippen LogP contribution is 2.17. The Kier molecular flexibility index (Phi) is 3.79. The molecule has 0 aliphatic rings. The van der Waals surface area contributed by atoms with E-state index < -0.39 is 0 Å². The molecule has 3 nitrogen and oxygen atoms in total. The van der Waals surface area contributed by atoms with Crippen LogP contribution in [0.3, 0.4) is 0 Å². The van der Waals surface area contributed by atoms with Gasteiger partial charge in [0.1, 0.15) is 5.82 Å². The van der Waals surface area contributed by atoms with E-state index in [0.29, 0.717) is 0 Å². The largest absolute Gasteiger partial charge is 0.327 e. The van der Waals surface area contributed by atoms with Gasteiger partial charge in [-0.25, -0.2) is 4.98 Å². The highest BCUT2D eigenvalue weighted by Gasteiger charge is 2.10. The molecule has 0 saturated carbocycles. The number of rotatable bonds is 5. The number of fused-ring (bicyclic) bond motifs is 1. The van der Waals surface area contributed by atoms with Crippen molar-refractivity contribution in [2.75, 3.05) is 14.1 Å². The molecule has 0 amide bonds. The summed E-state index contributed by atoms with van der Waals surface area (Å²) in [6.07, 6.45) is 2.43. The molecule has 0 aliphatic carbocycles. The fourth-order valence-corrected chi connectivity index (χ4v) is 2.09. The number of aromatic nitrogens is 2. The molecule has 0 spiro atoms. The van der Waals surface area contributed by atoms with Crippen molar-refractivity contribution < 1.29 is 0 Å². The Bertz CT molecular complexity index is 485. The average Bonchev–Trinajstić information content (AvgIpc) is 2.63. The van der Waals surface area contributed by atoms with Crippen molar-refractivity contribution in [3.8, 4) is 0 Å². The van der Waals surface area contributed by atoms with Gasteiger partial charge in [-0.15, -0.1) is 0 Å². The van der Waals surface area contributed by atoms with Crippen LogP contribution in [0, 0.1) is 0 Å². The second kappa shape index (κ2) is 5.32. The molecule has 0 radical (unpaired) electrons. The molecule has 1 aromatic heterocycles. The van der Waals surface area contributed by atoms with Gasteiger partial charge < -0.3 is 9.47 Å². The summed E-state index contributed by atoms with van der Waals surface area (Å²) < 4.78 is 2.36. The van der Waals surface area contributed by atoms with E-state index in [1.165, 1.54) is 24.2 Å². The van der Waals surface area contributed by atoms with Crippen LogP contribution in [0.15, 0.2) is 24.3 Å². The number of benzene rings is 1. The van der Waals surface area contributed by atoms with Crippen LogP contribution in [-0.2, 0) is 13.1 Å². The highest BCUT2D eigenvalue weighted by atomic mass is 15.2. The zero-order valence-corrected chi connectivity index (χ0v) is 11.0. The highest BCUT2D eigenvalue weighted by molar-refractivity contribution is 5.75. The zero-order chi connectivity index (χ0) is 12.3. The van der Waals surface area contributed by atoms with E-state index in [0.717, 1.165) is 18.6 Å². The van der Waals surface area contributed by atoms with Crippen molar-refractivity contribution in [3.63, 3.8) is 0 Å². The number of nitrogens with zero attached hydrogens (tertiary/aromatic N) is 3. The van der Waals surface area contributed by atoms with Crippen LogP contribution in [-0.4, -0.2) is 28.5 Å². The van der Waals surface area contributed by atoms with Gasteiger partial charge in [-0.1, -0.05) is 25.5 Å². The van der Waals surface area contributed by atoms with Crippen molar-refractivity contribution in [3.05, 3.63) is 30.1 Å². The Labute approximate surface area is 103 Å². The standard InChI is InChI=1S/C14H21N3/c1-4-5-10-17-13-9-7-6-8-12(13)15-14(17)11-16(2)3/h6-9H,4-5,10-11H2,1-3H3. The van der Waals surface area contributed by atoms with E-state index in [1.54, 1.807) is 0 Å². The molecular formula is C14H21N3. The first kappa shape index (κ1) is 12.1. The van der Waals surface area contributed by atoms with Crippen molar-refractivity contribution >= 4 is 11.0 Å². The molecule has 92 valence electrons. The number of hydrogen-bond donors (Lipinski definition) is 0. The Morgan fingerprint density at radius 2 is 2.00 bits per heavy atom. The number of aryl methyl sites for hydroxylation is 1. The number of hydrogen-bond acceptors (Lipinski definition) is 2. The Balaban J connectivity index is 2.41. The molecule has 2 rings (SSSR count). The van der Waals surface area contributed by atoms with Crippen LogP contribution >= 0.6 is 0 Å². The summed E-state index contributed by atoms with van der Waals surface area (Å²) in [4.78, 5) is 6.90. The first-order valence-corrected chi connectivity index (χ1v) is 6.31. The lowest BCUT2D eigenvalue weighted by molar-refractivity contribution is 0.380. The fourth-order valence-electron chi connectivity index (χ4n) is 2.09. The normalized spacial score (nSPS) is 11.5. The van der Waals surface area contributed by atoms with Crippen molar-refractivity contribution in [1.29, 1.82) is 0 Å². The van der Waals surface area contributed by atoms with Gasteiger partial charge in [0.2, 0.25) is 0 Å². The molecule has 17 heavy (non-hydrogen) atoms. The summed E-state index contributed by atoms with van der Waals surface area (Å²) >= 11 is 0. The van der Waals surface area contributed by atoms with Crippen molar-refractivity contribution in [2.24, 2.45) is 0 Å². The van der Waals surface area contributed by atoms with Crippen LogP contribution in [0.4, 0.5) is 0 Å². The number of para-hydroxylation sites is 2. The van der Waals surface area contributed by atoms with Crippen LogP contribution < -0.4 is 0 Å². The predicted molar refractivity (Wildman–Crippen MR) is 72.0 cm³/mol. The lowest BCUT2D eigenvalue weighted by Crippen LogP contribution is -2.15. The topological polar surface area (TPSA) is 21.1 Å². The molecular weight excluding hydrogens is 210 g/mol. The van der Waals surface area contributed by atoms with Crippen molar-refractivity contribution in [1.82, 2.24) is 14.5 Å². The van der Waals surface area contributed by atoms with Crippen LogP contribution in [0.2, 0.25) is 0 Å². The van der Waals surface area contributed by atoms with E-state index >= 15 is 0 Å². The molecule has 1 aromatic carbocycles. The third-order valence-electron chi connectivity index (χ3n) is 2.93. The minimum absolute atomic E-state index is 0.901. The van der Waals surface area contributed by atoms with Gasteiger partial charge in [0, 0.05) is 6.54 Å². The van der Waals surface area contributed by atoms with Gasteiger partial charge >= 0.3 is 0 Å². The summed E-state index contributed by atoms with van der Waals surface area (Å²) in [5.41, 5.74) is 2.37. The van der Waals surface area contributed by atoms with Gasteiger partial charge in [0.15, 0.2) is 0 Å². The van der Waals surface area contributed by atoms with E-state index in [-0.39, 0.29) is 0 Å². The molecule has 0 N–H and O–H groups in total. The maximum absolute atomic E-state index is 4.73. The Morgan fingerprint density at radius 3 is 2.71 bits per heavy atom. The summed E-state index contributed by atoms with van der Waals surface area (Å²) in [5, 5.41) is 0. The van der Waals surface area contributed by atoms with Crippen LogP contribution in [0.1, 0.15) is 25.6 Å². The molecule has 0 saturated heterocycles. The van der Waals surface area contributed by atoms with Crippen LogP contribution in [0.5, 0.6) is 0 Å². The second-order valence-electron chi connectivity index (χ2n) is 4.76. The van der Waals surface area contributed by atoms with E-state index in [1.807, 2.05) is 0 Å². The summed E-state index contributed by atoms with van der Waals surface area (Å²) in [5.74, 6) is 1.17. The molecule has 0 bridgehead atoms. The van der Waals surface area contributed by atoms with Gasteiger partial charge in [-0.3, -0.25) is 0 Å². The van der Waals surface area contributed by atoms with E-state index in [2.05, 4.69) is 54.8 Å². The summed E-state index contributed by atoms with van der Waals surface area (Å²) in [6.45, 7) is 4.20. The van der Waals surface area contributed by atoms with E-state index in [9.17, 15) is 0 Å². The SMILES string of the molecule is CCCCn1c(CN(C)C)nc2ccccc21. The zero-order valence-electron chi connectivity index (χ0n) is 11.0. The lowest BCUT2D eigenvalue weighted by atomic mass is 10.3. The number of imidazole rings is 1. The Morgan fingerprint density at radius 1 is 1.24 bits per heavy atom. The van der Waals surface area contributed by atoms with Crippen molar-refractivity contribution in [2.45, 2.75) is 32.9 Å². The first-order chi connectivity index (χ1) is 8.22. The summed E-state index contributed by atoms with van der Waals surface area (Å²) in [7, 11) is 4.17. The van der Waals surface area contributed by atoms with Gasteiger partial charge in [0.25, 0.3) is 0 Å². The monoisotopic (exact) mass is 231 g/mol. The van der Waals surface area contributed by atoms with Crippen LogP contribution in [0.25, 0.3) is 11.0 Å². The van der Waals surface area contributed by atoms with Gasteiger partial charge in [-0.05, 0) is 32.6 Å². The first-order valence-electron chi connectivity index (χ1n) is 6.31. The predicted octanol–water partition coefficient (Wildman–Crippen LogP) is 2.90. The smallest absolute Gasteiger partial charge is 0.124 e. The molecule has 2 aromatic rings. The Hall–Kier alpha value is -1.35. The maximum atomic E-state index is 4.73. The second-order valence-corrected chi connectivity index (χ2v) is 4.76. The minimum atomic E-state index is 0.901. The third-order valence-corrected chi connectivity index (χ3v) is 2.93. The third kappa shape index (κ3) is 2.67. The molecule has 3 heteroatoms. The van der Waals surface area contributed by atoms with Gasteiger partial charge in [-0.2, -0.15) is 0 Å². The lowest BCUT2D eigenvalue weighted by Gasteiger charge is -2.12. The molecule has 0 unspecified atom stereocenters. The van der Waals surface area contributed by atoms with Gasteiger partial charge in [0.05, 0.1) is 17.6 Å². The summed E-state index contributed by atoms with van der Waals surface area (Å²) in [6, 6.07) is 8.40. The molecule has 1 heterocycles. The molecule has 0 aliphatic heterocycles. The number of unbranched alkanes of at least 4 members (excludes halogenated alkanes) is 1. The quantitative estimate of drug-likeness (QED) is 0.789. The van der Waals surface area contributed by atoms with E-state index in [4.69, 9.17) is 4.98 Å². The minimum Gasteiger partial charge on any atom is -0.327 e. The maximum Gasteiger partial charge on any atom is 0.124 e.